The van der Waals surface area contributed by atoms with Crippen LogP contribution in [0.3, 0.4) is 0 Å². The number of carbonyl (C=O) groups excluding carboxylic acids is 2. The zero-order valence-electron chi connectivity index (χ0n) is 15.2. The van der Waals surface area contributed by atoms with Crippen molar-refractivity contribution in [2.45, 2.75) is 46.8 Å². The second-order valence-corrected chi connectivity index (χ2v) is 6.10. The summed E-state index contributed by atoms with van der Waals surface area (Å²) in [5.41, 5.74) is 3.38. The molecule has 0 atom stereocenters. The number of hydrogen-bond acceptors (Lipinski definition) is 3. The number of esters is 1. The zero-order chi connectivity index (χ0) is 18.2. The molecule has 1 heterocycles. The molecule has 1 amide bonds. The Morgan fingerprint density at radius 1 is 1.16 bits per heavy atom. The van der Waals surface area contributed by atoms with Crippen LogP contribution in [-0.4, -0.2) is 23.0 Å². The number of aromatic nitrogens is 1. The van der Waals surface area contributed by atoms with E-state index in [1.807, 2.05) is 61.7 Å². The third kappa shape index (κ3) is 5.21. The minimum absolute atomic E-state index is 0.0625. The molecule has 0 radical (unpaired) electrons. The Kier molecular flexibility index (Phi) is 6.81. The van der Waals surface area contributed by atoms with Gasteiger partial charge in [0.1, 0.15) is 6.61 Å². The van der Waals surface area contributed by atoms with Gasteiger partial charge in [-0.25, -0.2) is 4.79 Å². The lowest BCUT2D eigenvalue weighted by Crippen LogP contribution is -2.27. The fourth-order valence-corrected chi connectivity index (χ4v) is 2.78. The highest BCUT2D eigenvalue weighted by Gasteiger charge is 2.17. The number of carbonyl (C=O) groups is 2. The van der Waals surface area contributed by atoms with Crippen molar-refractivity contribution in [2.24, 2.45) is 0 Å². The number of nitrogens with zero attached hydrogens (tertiary/aromatic N) is 1. The molecule has 1 N–H and O–H groups in total. The van der Waals surface area contributed by atoms with Gasteiger partial charge < -0.3 is 14.6 Å². The highest BCUT2D eigenvalue weighted by atomic mass is 16.5. The Labute approximate surface area is 149 Å². The fraction of sp³-hybridized carbons (Fsp3) is 0.400. The van der Waals surface area contributed by atoms with E-state index in [4.69, 9.17) is 4.74 Å². The number of aryl methyl sites for hydroxylation is 1. The van der Waals surface area contributed by atoms with Crippen molar-refractivity contribution in [1.82, 2.24) is 9.88 Å². The van der Waals surface area contributed by atoms with Crippen molar-refractivity contribution in [3.8, 4) is 0 Å². The monoisotopic (exact) mass is 342 g/mol. The minimum Gasteiger partial charge on any atom is -0.457 e. The first-order valence-electron chi connectivity index (χ1n) is 8.67. The first-order valence-corrected chi connectivity index (χ1v) is 8.67. The van der Waals surface area contributed by atoms with E-state index >= 15 is 0 Å². The molecule has 5 nitrogen and oxygen atoms in total. The average molecular weight is 342 g/mol. The lowest BCUT2D eigenvalue weighted by Gasteiger charge is -2.11. The van der Waals surface area contributed by atoms with Gasteiger partial charge in [-0.3, -0.25) is 4.79 Å². The van der Waals surface area contributed by atoms with Gasteiger partial charge in [0, 0.05) is 30.9 Å². The van der Waals surface area contributed by atoms with Crippen molar-refractivity contribution in [3.63, 3.8) is 0 Å². The van der Waals surface area contributed by atoms with E-state index in [2.05, 4.69) is 5.32 Å². The van der Waals surface area contributed by atoms with E-state index < -0.39 is 0 Å². The van der Waals surface area contributed by atoms with Crippen molar-refractivity contribution in [1.29, 1.82) is 0 Å². The predicted octanol–water partition coefficient (Wildman–Crippen LogP) is 3.38. The van der Waals surface area contributed by atoms with Crippen LogP contribution >= 0.6 is 0 Å². The summed E-state index contributed by atoms with van der Waals surface area (Å²) in [5, 5.41) is 2.90. The molecule has 25 heavy (non-hydrogen) atoms. The molecular formula is C20H26N2O3. The number of rotatable bonds is 8. The van der Waals surface area contributed by atoms with Gasteiger partial charge in [-0.1, -0.05) is 37.3 Å². The summed E-state index contributed by atoms with van der Waals surface area (Å²) >= 11 is 0. The maximum Gasteiger partial charge on any atom is 0.340 e. The van der Waals surface area contributed by atoms with Crippen LogP contribution in [0.2, 0.25) is 0 Å². The van der Waals surface area contributed by atoms with Gasteiger partial charge in [0.05, 0.1) is 5.56 Å². The van der Waals surface area contributed by atoms with E-state index in [1.54, 1.807) is 0 Å². The summed E-state index contributed by atoms with van der Waals surface area (Å²) in [6.45, 7) is 7.28. The molecule has 0 aliphatic carbocycles. The van der Waals surface area contributed by atoms with Gasteiger partial charge in [0.15, 0.2) is 0 Å². The van der Waals surface area contributed by atoms with Crippen LogP contribution < -0.4 is 5.32 Å². The molecule has 0 saturated heterocycles. The van der Waals surface area contributed by atoms with E-state index in [1.165, 1.54) is 0 Å². The van der Waals surface area contributed by atoms with Crippen molar-refractivity contribution < 1.29 is 14.3 Å². The summed E-state index contributed by atoms with van der Waals surface area (Å²) < 4.78 is 7.45. The number of hydrogen-bond donors (Lipinski definition) is 1. The minimum atomic E-state index is -0.321. The first-order chi connectivity index (χ1) is 12.0. The van der Waals surface area contributed by atoms with Crippen LogP contribution in [-0.2, 0) is 22.7 Å². The number of amides is 1. The van der Waals surface area contributed by atoms with Crippen molar-refractivity contribution in [3.05, 3.63) is 58.9 Å². The smallest absolute Gasteiger partial charge is 0.340 e. The Hall–Kier alpha value is -2.56. The Morgan fingerprint density at radius 3 is 2.56 bits per heavy atom. The van der Waals surface area contributed by atoms with Gasteiger partial charge in [-0.05, 0) is 31.9 Å². The Bertz CT molecular complexity index is 720. The number of benzene rings is 1. The molecule has 1 aromatic heterocycles. The Balaban J connectivity index is 1.95. The van der Waals surface area contributed by atoms with Crippen molar-refractivity contribution >= 4 is 11.9 Å². The number of nitrogens with one attached hydrogen (secondary N) is 1. The first kappa shape index (κ1) is 18.8. The summed E-state index contributed by atoms with van der Waals surface area (Å²) in [6, 6.07) is 11.5. The number of ether oxygens (including phenoxy) is 1. The maximum atomic E-state index is 12.4. The molecule has 2 aromatic rings. The molecule has 0 fully saturated rings. The molecule has 0 spiro atoms. The van der Waals surface area contributed by atoms with Crippen LogP contribution in [0.15, 0.2) is 36.4 Å². The lowest BCUT2D eigenvalue weighted by molar-refractivity contribution is -0.121. The van der Waals surface area contributed by atoms with E-state index in [9.17, 15) is 9.59 Å². The summed E-state index contributed by atoms with van der Waals surface area (Å²) in [6.07, 6.45) is 1.38. The highest BCUT2D eigenvalue weighted by molar-refractivity contribution is 5.91. The van der Waals surface area contributed by atoms with Crippen LogP contribution in [0.1, 0.15) is 47.1 Å². The molecule has 0 unspecified atom stereocenters. The van der Waals surface area contributed by atoms with Gasteiger partial charge >= 0.3 is 5.97 Å². The fourth-order valence-electron chi connectivity index (χ4n) is 2.78. The molecule has 5 heteroatoms. The van der Waals surface area contributed by atoms with E-state index in [0.717, 1.165) is 23.4 Å². The summed E-state index contributed by atoms with van der Waals surface area (Å²) in [4.78, 5) is 23.9. The standard InChI is InChI=1S/C20H26N2O3/c1-4-8-19(23)21-11-12-22-15(2)13-18(16(22)3)20(24)25-14-17-9-6-5-7-10-17/h5-7,9-10,13H,4,8,11-12,14H2,1-3H3,(H,21,23). The van der Waals surface area contributed by atoms with Gasteiger partial charge in [-0.2, -0.15) is 0 Å². The molecule has 0 bridgehead atoms. The second-order valence-electron chi connectivity index (χ2n) is 6.10. The second kappa shape index (κ2) is 9.06. The molecule has 0 saturated carbocycles. The van der Waals surface area contributed by atoms with Crippen molar-refractivity contribution in [2.75, 3.05) is 6.54 Å². The van der Waals surface area contributed by atoms with E-state index in [0.29, 0.717) is 25.1 Å². The maximum absolute atomic E-state index is 12.4. The third-order valence-electron chi connectivity index (χ3n) is 4.14. The highest BCUT2D eigenvalue weighted by Crippen LogP contribution is 2.17. The topological polar surface area (TPSA) is 60.3 Å². The third-order valence-corrected chi connectivity index (χ3v) is 4.14. The van der Waals surface area contributed by atoms with Crippen LogP contribution in [0.25, 0.3) is 0 Å². The van der Waals surface area contributed by atoms with Crippen LogP contribution in [0.5, 0.6) is 0 Å². The molecule has 2 rings (SSSR count). The molecule has 1 aromatic carbocycles. The van der Waals surface area contributed by atoms with E-state index in [-0.39, 0.29) is 18.5 Å². The molecular weight excluding hydrogens is 316 g/mol. The summed E-state index contributed by atoms with van der Waals surface area (Å²) in [7, 11) is 0. The van der Waals surface area contributed by atoms with Crippen LogP contribution in [0.4, 0.5) is 0 Å². The van der Waals surface area contributed by atoms with Crippen LogP contribution in [0, 0.1) is 13.8 Å². The Morgan fingerprint density at radius 2 is 1.88 bits per heavy atom. The van der Waals surface area contributed by atoms with Gasteiger partial charge in [-0.15, -0.1) is 0 Å². The summed E-state index contributed by atoms with van der Waals surface area (Å²) in [5.74, 6) is -0.259. The largest absolute Gasteiger partial charge is 0.457 e. The normalized spacial score (nSPS) is 10.5. The zero-order valence-corrected chi connectivity index (χ0v) is 15.2. The van der Waals surface area contributed by atoms with Gasteiger partial charge in [0.2, 0.25) is 5.91 Å². The molecule has 134 valence electrons. The molecule has 0 aliphatic heterocycles. The quantitative estimate of drug-likeness (QED) is 0.748. The van der Waals surface area contributed by atoms with Gasteiger partial charge in [0.25, 0.3) is 0 Å². The lowest BCUT2D eigenvalue weighted by atomic mass is 10.2. The average Bonchev–Trinajstić information content (AvgIpc) is 2.89. The SMILES string of the molecule is CCCC(=O)NCCn1c(C)cc(C(=O)OCc2ccccc2)c1C. The predicted molar refractivity (Wildman–Crippen MR) is 97.4 cm³/mol. The molecule has 0 aliphatic rings.